The van der Waals surface area contributed by atoms with Crippen LogP contribution in [0.2, 0.25) is 0 Å². The first kappa shape index (κ1) is 17.6. The van der Waals surface area contributed by atoms with Gasteiger partial charge in [0, 0.05) is 11.1 Å². The van der Waals surface area contributed by atoms with Crippen molar-refractivity contribution in [2.24, 2.45) is 0 Å². The molecule has 6 nitrogen and oxygen atoms in total. The summed E-state index contributed by atoms with van der Waals surface area (Å²) in [5, 5.41) is 12.7. The highest BCUT2D eigenvalue weighted by atomic mass is 32.2. The Morgan fingerprint density at radius 3 is 2.92 bits per heavy atom. The number of para-hydroxylation sites is 1. The van der Waals surface area contributed by atoms with Crippen LogP contribution in [-0.2, 0) is 4.79 Å². The number of ether oxygens (including phenoxy) is 1. The largest absolute Gasteiger partial charge is 0.489 e. The van der Waals surface area contributed by atoms with Crippen LogP contribution in [0.4, 0.5) is 0 Å². The highest BCUT2D eigenvalue weighted by Crippen LogP contribution is 2.24. The van der Waals surface area contributed by atoms with E-state index < -0.39 is 0 Å². The first-order chi connectivity index (χ1) is 12.1. The molecule has 0 spiro atoms. The average molecular weight is 374 g/mol. The number of aryl methyl sites for hydroxylation is 2. The van der Waals surface area contributed by atoms with Crippen LogP contribution in [0.3, 0.4) is 0 Å². The second kappa shape index (κ2) is 8.26. The van der Waals surface area contributed by atoms with Crippen molar-refractivity contribution in [1.82, 2.24) is 20.5 Å². The summed E-state index contributed by atoms with van der Waals surface area (Å²) in [6.07, 6.45) is 0. The van der Waals surface area contributed by atoms with Crippen LogP contribution < -0.4 is 10.1 Å². The van der Waals surface area contributed by atoms with Gasteiger partial charge in [0.05, 0.1) is 12.3 Å². The molecule has 0 saturated carbocycles. The maximum atomic E-state index is 11.8. The Balaban J connectivity index is 1.45. The van der Waals surface area contributed by atoms with E-state index in [1.807, 2.05) is 44.2 Å². The van der Waals surface area contributed by atoms with Gasteiger partial charge >= 0.3 is 0 Å². The van der Waals surface area contributed by atoms with Gasteiger partial charge in [0.15, 0.2) is 4.34 Å². The zero-order valence-corrected chi connectivity index (χ0v) is 15.6. The van der Waals surface area contributed by atoms with E-state index in [1.54, 1.807) is 0 Å². The Hall–Kier alpha value is -2.19. The summed E-state index contributed by atoms with van der Waals surface area (Å²) in [7, 11) is 0. The van der Waals surface area contributed by atoms with E-state index in [0.717, 1.165) is 31.7 Å². The lowest BCUT2D eigenvalue weighted by Gasteiger charge is -2.10. The van der Waals surface area contributed by atoms with Gasteiger partial charge in [-0.3, -0.25) is 4.79 Å². The fourth-order valence-electron chi connectivity index (χ4n) is 2.20. The number of hydrogen-bond acceptors (Lipinski definition) is 7. The van der Waals surface area contributed by atoms with Gasteiger partial charge in [0.25, 0.3) is 0 Å². The molecular weight excluding hydrogens is 356 g/mol. The van der Waals surface area contributed by atoms with E-state index in [-0.39, 0.29) is 5.91 Å². The lowest BCUT2D eigenvalue weighted by molar-refractivity contribution is -0.118. The molecule has 0 atom stereocenters. The van der Waals surface area contributed by atoms with Crippen molar-refractivity contribution in [3.05, 3.63) is 41.0 Å². The number of hydrogen-bond donors (Lipinski definition) is 1. The quantitative estimate of drug-likeness (QED) is 0.506. The van der Waals surface area contributed by atoms with Crippen molar-refractivity contribution in [2.45, 2.75) is 18.2 Å². The van der Waals surface area contributed by atoms with Crippen molar-refractivity contribution in [3.8, 4) is 5.75 Å². The Bertz CT molecular complexity index is 882. The molecule has 0 saturated heterocycles. The molecule has 0 unspecified atom stereocenters. The number of carbonyl (C=O) groups is 1. The van der Waals surface area contributed by atoms with E-state index in [1.165, 1.54) is 23.1 Å². The van der Waals surface area contributed by atoms with Crippen molar-refractivity contribution >= 4 is 39.9 Å². The molecule has 0 fully saturated rings. The minimum Gasteiger partial charge on any atom is -0.489 e. The van der Waals surface area contributed by atoms with Gasteiger partial charge < -0.3 is 10.1 Å². The number of fused-ring (bicyclic) bond motifs is 1. The number of carbonyl (C=O) groups excluding carboxylic acids is 1. The average Bonchev–Trinajstić information content (AvgIpc) is 3.02. The molecule has 0 aliphatic heterocycles. The summed E-state index contributed by atoms with van der Waals surface area (Å²) < 4.78 is 6.59. The second-order valence-electron chi connectivity index (χ2n) is 5.35. The molecule has 0 aliphatic carbocycles. The normalized spacial score (nSPS) is 10.8. The van der Waals surface area contributed by atoms with Crippen LogP contribution >= 0.6 is 23.1 Å². The Morgan fingerprint density at radius 1 is 1.24 bits per heavy atom. The van der Waals surface area contributed by atoms with E-state index in [2.05, 4.69) is 20.5 Å². The van der Waals surface area contributed by atoms with Crippen LogP contribution in [0.15, 0.2) is 34.7 Å². The van der Waals surface area contributed by atoms with E-state index >= 15 is 0 Å². The van der Waals surface area contributed by atoms with Gasteiger partial charge in [-0.05, 0) is 26.0 Å². The van der Waals surface area contributed by atoms with Gasteiger partial charge in [0.2, 0.25) is 5.91 Å². The van der Waals surface area contributed by atoms with Crippen LogP contribution in [-0.4, -0.2) is 40.0 Å². The highest BCUT2D eigenvalue weighted by molar-refractivity contribution is 8.01. The van der Waals surface area contributed by atoms with Gasteiger partial charge in [0.1, 0.15) is 22.9 Å². The van der Waals surface area contributed by atoms with E-state index in [9.17, 15) is 4.79 Å². The van der Waals surface area contributed by atoms with Crippen LogP contribution in [0.5, 0.6) is 5.75 Å². The maximum absolute atomic E-state index is 11.8. The number of benzene rings is 1. The monoisotopic (exact) mass is 374 g/mol. The minimum atomic E-state index is -0.0478. The highest BCUT2D eigenvalue weighted by Gasteiger charge is 2.07. The molecule has 8 heteroatoms. The molecule has 1 amide bonds. The number of aromatic nitrogens is 3. The molecular formula is C17H18N4O2S2. The smallest absolute Gasteiger partial charge is 0.230 e. The fraction of sp³-hybridized carbons (Fsp3) is 0.294. The van der Waals surface area contributed by atoms with E-state index in [0.29, 0.717) is 18.9 Å². The summed E-state index contributed by atoms with van der Waals surface area (Å²) >= 11 is 2.88. The molecule has 0 radical (unpaired) electrons. The number of thioether (sulfide) groups is 1. The minimum absolute atomic E-state index is 0.0478. The lowest BCUT2D eigenvalue weighted by atomic mass is 10.2. The SMILES string of the molecule is Cc1ccc2cccc(OCCNC(=O)CSc3nnc(C)s3)c2n1. The molecule has 1 aromatic carbocycles. The van der Waals surface area contributed by atoms with Gasteiger partial charge in [-0.15, -0.1) is 10.2 Å². The Morgan fingerprint density at radius 2 is 2.12 bits per heavy atom. The molecule has 0 aliphatic rings. The number of rotatable bonds is 7. The summed E-state index contributed by atoms with van der Waals surface area (Å²) in [5.74, 6) is 1.01. The standard InChI is InChI=1S/C17H18N4O2S2/c1-11-6-7-13-4-3-5-14(16(13)19-11)23-9-8-18-15(22)10-24-17-21-20-12(2)25-17/h3-7H,8-10H2,1-2H3,(H,18,22). The Labute approximate surface area is 154 Å². The predicted molar refractivity (Wildman–Crippen MR) is 100 cm³/mol. The van der Waals surface area contributed by atoms with Gasteiger partial charge in [-0.25, -0.2) is 4.98 Å². The Kier molecular flexibility index (Phi) is 5.83. The molecule has 3 rings (SSSR count). The molecule has 1 N–H and O–H groups in total. The number of nitrogens with zero attached hydrogens (tertiary/aromatic N) is 3. The molecule has 2 aromatic heterocycles. The van der Waals surface area contributed by atoms with Crippen molar-refractivity contribution in [3.63, 3.8) is 0 Å². The third kappa shape index (κ3) is 4.90. The third-order valence-electron chi connectivity index (χ3n) is 3.34. The van der Waals surface area contributed by atoms with Crippen molar-refractivity contribution < 1.29 is 9.53 Å². The molecule has 25 heavy (non-hydrogen) atoms. The lowest BCUT2D eigenvalue weighted by Crippen LogP contribution is -2.29. The number of pyridine rings is 1. The predicted octanol–water partition coefficient (Wildman–Crippen LogP) is 2.99. The topological polar surface area (TPSA) is 77.0 Å². The third-order valence-corrected chi connectivity index (χ3v) is 5.31. The summed E-state index contributed by atoms with van der Waals surface area (Å²) in [4.78, 5) is 16.4. The molecule has 130 valence electrons. The maximum Gasteiger partial charge on any atom is 0.230 e. The second-order valence-corrected chi connectivity index (χ2v) is 7.76. The molecule has 2 heterocycles. The van der Waals surface area contributed by atoms with Crippen LogP contribution in [0, 0.1) is 13.8 Å². The van der Waals surface area contributed by atoms with Crippen molar-refractivity contribution in [2.75, 3.05) is 18.9 Å². The van der Waals surface area contributed by atoms with Gasteiger partial charge in [-0.1, -0.05) is 41.3 Å². The first-order valence-electron chi connectivity index (χ1n) is 7.80. The summed E-state index contributed by atoms with van der Waals surface area (Å²) in [6, 6.07) is 9.84. The summed E-state index contributed by atoms with van der Waals surface area (Å²) in [5.41, 5.74) is 1.79. The molecule has 0 bridgehead atoms. The van der Waals surface area contributed by atoms with Crippen molar-refractivity contribution in [1.29, 1.82) is 0 Å². The number of amides is 1. The summed E-state index contributed by atoms with van der Waals surface area (Å²) in [6.45, 7) is 4.68. The zero-order valence-electron chi connectivity index (χ0n) is 14.0. The molecule has 3 aromatic rings. The first-order valence-corrected chi connectivity index (χ1v) is 9.61. The van der Waals surface area contributed by atoms with Gasteiger partial charge in [-0.2, -0.15) is 0 Å². The van der Waals surface area contributed by atoms with Crippen LogP contribution in [0.1, 0.15) is 10.7 Å². The fourth-order valence-corrected chi connectivity index (χ4v) is 3.85. The zero-order chi connectivity index (χ0) is 17.6. The van der Waals surface area contributed by atoms with Crippen LogP contribution in [0.25, 0.3) is 10.9 Å². The van der Waals surface area contributed by atoms with E-state index in [4.69, 9.17) is 4.74 Å². The number of nitrogens with one attached hydrogen (secondary N) is 1.